The van der Waals surface area contributed by atoms with Crippen LogP contribution in [-0.4, -0.2) is 70.4 Å². The molecule has 4 saturated carbocycles. The second-order valence-corrected chi connectivity index (χ2v) is 33.5. The quantitative estimate of drug-likeness (QED) is 0.0302. The van der Waals surface area contributed by atoms with Crippen molar-refractivity contribution in [3.05, 3.63) is 282 Å². The number of ketones is 2. The summed E-state index contributed by atoms with van der Waals surface area (Å²) in [7, 11) is 1.21. The van der Waals surface area contributed by atoms with E-state index in [4.69, 9.17) is 35.3 Å². The first kappa shape index (κ1) is 116. The number of carbonyl (C=O) groups excluding carboxylic acids is 3. The zero-order valence-corrected chi connectivity index (χ0v) is 74.6. The van der Waals surface area contributed by atoms with Crippen LogP contribution in [0, 0.1) is 46.9 Å². The monoisotopic (exact) mass is 2100 g/mol. The molecule has 0 saturated heterocycles. The van der Waals surface area contributed by atoms with Crippen LogP contribution in [0.3, 0.4) is 0 Å². The number of Topliss-reactive ketones (excluding diaryl/α,β-unsaturated/α-hetero) is 2. The lowest BCUT2D eigenvalue weighted by Gasteiger charge is -2.28. The first-order valence-corrected chi connectivity index (χ1v) is 43.5. The van der Waals surface area contributed by atoms with E-state index in [-0.39, 0.29) is 96.1 Å². The number of carbonyl (C=O) groups is 4. The Balaban J connectivity index is 0.000000274. The Morgan fingerprint density at radius 3 is 0.699 bits per heavy atom. The maximum atomic E-state index is 13.4. The van der Waals surface area contributed by atoms with Crippen LogP contribution < -0.4 is 0 Å². The van der Waals surface area contributed by atoms with E-state index in [0.717, 1.165) is 12.1 Å². The Labute approximate surface area is 784 Å². The number of carboxylic acids is 1. The minimum atomic E-state index is -4.99. The molecular weight excluding hydrogens is 2010 g/mol. The molecule has 0 unspecified atom stereocenters. The van der Waals surface area contributed by atoms with E-state index in [1.54, 1.807) is 0 Å². The van der Waals surface area contributed by atoms with Gasteiger partial charge in [-0.3, -0.25) is 19.2 Å². The van der Waals surface area contributed by atoms with Crippen molar-refractivity contribution in [2.75, 3.05) is 17.4 Å². The van der Waals surface area contributed by atoms with Gasteiger partial charge in [-0.15, -0.1) is 11.6 Å². The Kier molecular flexibility index (Phi) is 40.6. The number of esters is 1. The van der Waals surface area contributed by atoms with Crippen molar-refractivity contribution < 1.29 is 171 Å². The van der Waals surface area contributed by atoms with Gasteiger partial charge in [0.15, 0.2) is 5.78 Å². The molecule has 4 fully saturated rings. The lowest BCUT2D eigenvalue weighted by atomic mass is 9.85. The number of halogens is 30. The number of aliphatic carboxylic acids is 1. The van der Waals surface area contributed by atoms with Crippen molar-refractivity contribution >= 4 is 57.7 Å². The molecule has 4 aliphatic rings. The number of alkyl halides is 26. The fourth-order valence-corrected chi connectivity index (χ4v) is 17.6. The second-order valence-electron chi connectivity index (χ2n) is 32.4. The summed E-state index contributed by atoms with van der Waals surface area (Å²) in [5.74, 6) is -9.10. The molecule has 0 radical (unpaired) electrons. The first-order valence-electron chi connectivity index (χ1n) is 41.4. The molecule has 0 bridgehead atoms. The van der Waals surface area contributed by atoms with E-state index < -0.39 is 225 Å². The molecule has 16 atom stereocenters. The molecular formula is C96H96ClF28IO10. The van der Waals surface area contributed by atoms with Crippen LogP contribution in [0.4, 0.5) is 123 Å². The SMILES string of the molecule is C.C.CCC.COC(=O)[C@@H]1CC[C@H](O[C@H](C)c2cc(C(F)(F)F)cc(C(F)(F)F)c2)[C@H]1c1ccc(F)cc1.C[C@@H](O[C@H]1CC[C@@H](C(=O)CCl)[C@@H]1c1ccc(F)cc1)c1cc(C(F)(F)F)cc(C(F)(F)F)c1.C[C@@H](O[C@H]1CC[C@@H](C(=O)CI)[C@@H]1c1ccc(F)cc1)c1cc(C(F)(F)F)cc(C(F)(F)F)c1.C[C@@H](O[C@H]1CC[C@@H](C(=O)O)[C@@H]1c1ccc(F)cc1)c1cc(C(F)(F)F)cc(C(F)(F)F)c1. The Morgan fingerprint density at radius 1 is 0.331 bits per heavy atom. The second kappa shape index (κ2) is 47.7. The summed E-state index contributed by atoms with van der Waals surface area (Å²) in [6, 6.07) is 26.5. The van der Waals surface area contributed by atoms with Gasteiger partial charge in [0.1, 0.15) is 29.1 Å². The van der Waals surface area contributed by atoms with Crippen LogP contribution in [-0.2, 0) is 92.3 Å². The minimum absolute atomic E-state index is 0. The van der Waals surface area contributed by atoms with E-state index >= 15 is 0 Å². The summed E-state index contributed by atoms with van der Waals surface area (Å²) < 4.78 is 399. The smallest absolute Gasteiger partial charge is 0.416 e. The first-order chi connectivity index (χ1) is 62.1. The number of benzene rings is 8. The molecule has 8 aromatic rings. The number of hydrogen-bond donors (Lipinski definition) is 1. The highest BCUT2D eigenvalue weighted by molar-refractivity contribution is 14.1. The Hall–Kier alpha value is -9.06. The molecule has 136 heavy (non-hydrogen) atoms. The van der Waals surface area contributed by atoms with E-state index in [0.29, 0.717) is 109 Å². The zero-order valence-electron chi connectivity index (χ0n) is 71.6. The predicted octanol–water partition coefficient (Wildman–Crippen LogP) is 30.8. The Bertz CT molecular complexity index is 4720. The molecule has 0 aliphatic heterocycles. The average molecular weight is 2100 g/mol. The fraction of sp³-hybridized carbons (Fsp3) is 0.458. The highest BCUT2D eigenvalue weighted by Gasteiger charge is 2.50. The molecule has 1 N–H and O–H groups in total. The van der Waals surface area contributed by atoms with Crippen molar-refractivity contribution in [3.63, 3.8) is 0 Å². The summed E-state index contributed by atoms with van der Waals surface area (Å²) in [5, 5.41) is 9.54. The highest BCUT2D eigenvalue weighted by Crippen LogP contribution is 2.52. The third-order valence-electron chi connectivity index (χ3n) is 23.1. The molecule has 8 aromatic carbocycles. The van der Waals surface area contributed by atoms with Gasteiger partial charge in [0.25, 0.3) is 0 Å². The van der Waals surface area contributed by atoms with Gasteiger partial charge in [0.05, 0.1) is 123 Å². The standard InChI is InChI=1S/C23H20ClF7O2.C23H20F7IO2.C23H21F7O3.C22H19F7O3.C3H8.2CH4/c1-12(14-8-15(22(26,27)28)10-16(9-14)23(29,30)31)33-20-7-6-18(19(32)11-24)21(20)13-2-4-17(25)5-3-13;1-12(14-8-15(22(25,26)27)10-16(9-14)23(28,29)30)33-20-7-6-18(19(32)11-31)21(20)13-2-4-17(24)5-3-13;1-12(14-9-15(22(25,26)27)11-16(10-14)23(28,29)30)33-19-8-7-18(21(31)32-2)20(19)13-3-5-17(24)6-4-13;1-11(13-8-14(21(24,25)26)10-15(9-13)22(27,28)29)32-18-7-6-17(20(30)31)19(18)12-2-4-16(23)5-3-12;1-3-2;;/h2*2-5,8-10,12,18,20-21H,6-7,11H2,1H3;3-6,9-12,18-20H,7-8H2,1-2H3;2-5,8-11,17-19H,6-7H2,1H3,(H,30,31);3H2,1-2H3;2*1H4/t2*12-,18+,20+,21+;12-,18-,19+,20+;11-,17-,18+,19+;;;/m1111.../s1. The molecule has 40 heteroatoms. The summed E-state index contributed by atoms with van der Waals surface area (Å²) >= 11 is 7.65. The largest absolute Gasteiger partial charge is 0.481 e. The summed E-state index contributed by atoms with van der Waals surface area (Å²) in [6.07, 6.45) is -43.3. The van der Waals surface area contributed by atoms with Crippen molar-refractivity contribution in [1.82, 2.24) is 0 Å². The van der Waals surface area contributed by atoms with E-state index in [2.05, 4.69) is 13.8 Å². The van der Waals surface area contributed by atoms with Gasteiger partial charge >= 0.3 is 61.3 Å². The Morgan fingerprint density at radius 2 is 0.515 bits per heavy atom. The van der Waals surface area contributed by atoms with E-state index in [1.165, 1.54) is 126 Å². The molecule has 0 spiro atoms. The van der Waals surface area contributed by atoms with Crippen LogP contribution in [0.15, 0.2) is 170 Å². The van der Waals surface area contributed by atoms with Crippen molar-refractivity contribution in [1.29, 1.82) is 0 Å². The molecule has 750 valence electrons. The third-order valence-corrected chi connectivity index (χ3v) is 24.2. The molecule has 12 rings (SSSR count). The number of rotatable bonds is 22. The summed E-state index contributed by atoms with van der Waals surface area (Å²) in [6.45, 7) is 9.65. The van der Waals surface area contributed by atoms with E-state index in [9.17, 15) is 147 Å². The third kappa shape index (κ3) is 31.0. The van der Waals surface area contributed by atoms with E-state index in [1.807, 2.05) is 22.6 Å². The van der Waals surface area contributed by atoms with Crippen molar-refractivity contribution in [3.8, 4) is 0 Å². The van der Waals surface area contributed by atoms with Crippen LogP contribution in [0.5, 0.6) is 0 Å². The topological polar surface area (TPSA) is 135 Å². The van der Waals surface area contributed by atoms with Crippen LogP contribution in [0.25, 0.3) is 0 Å². The normalized spacial score (nSPS) is 21.7. The molecule has 0 aromatic heterocycles. The minimum Gasteiger partial charge on any atom is -0.481 e. The summed E-state index contributed by atoms with van der Waals surface area (Å²) in [4.78, 5) is 48.8. The number of hydrogen-bond acceptors (Lipinski definition) is 9. The number of carboxylic acid groups (broad SMARTS) is 1. The number of ether oxygens (including phenoxy) is 5. The molecule has 10 nitrogen and oxygen atoms in total. The molecule has 0 heterocycles. The summed E-state index contributed by atoms with van der Waals surface area (Å²) in [5.41, 5.74) is -10.4. The van der Waals surface area contributed by atoms with Gasteiger partial charge < -0.3 is 28.8 Å². The molecule has 4 aliphatic carbocycles. The predicted molar refractivity (Wildman–Crippen MR) is 455 cm³/mol. The van der Waals surface area contributed by atoms with Crippen LogP contribution in [0.1, 0.15) is 251 Å². The van der Waals surface area contributed by atoms with Crippen LogP contribution in [0.2, 0.25) is 0 Å². The average Bonchev–Trinajstić information content (AvgIpc) is 1.57. The number of methoxy groups -OCH3 is 1. The van der Waals surface area contributed by atoms with Crippen molar-refractivity contribution in [2.45, 2.75) is 236 Å². The molecule has 0 amide bonds. The van der Waals surface area contributed by atoms with Gasteiger partial charge in [-0.2, -0.15) is 105 Å². The van der Waals surface area contributed by atoms with Gasteiger partial charge in [-0.05, 0) is 245 Å². The van der Waals surface area contributed by atoms with Gasteiger partial charge in [-0.1, -0.05) is 106 Å². The van der Waals surface area contributed by atoms with Crippen LogP contribution >= 0.6 is 34.2 Å². The van der Waals surface area contributed by atoms with Gasteiger partial charge in [0.2, 0.25) is 0 Å². The van der Waals surface area contributed by atoms with Crippen molar-refractivity contribution in [2.24, 2.45) is 23.7 Å². The zero-order chi connectivity index (χ0) is 100. The van der Waals surface area contributed by atoms with Gasteiger partial charge in [0, 0.05) is 35.5 Å². The lowest BCUT2D eigenvalue weighted by molar-refractivity contribution is -0.147. The van der Waals surface area contributed by atoms with Gasteiger partial charge in [-0.25, -0.2) is 17.6 Å². The lowest BCUT2D eigenvalue weighted by Crippen LogP contribution is -2.27. The maximum absolute atomic E-state index is 13.4. The fourth-order valence-electron chi connectivity index (χ4n) is 16.8. The maximum Gasteiger partial charge on any atom is 0.416 e. The highest BCUT2D eigenvalue weighted by atomic mass is 127.